The molecule has 0 aromatic heterocycles. The molecule has 2 aliphatic heterocycles. The van der Waals surface area contributed by atoms with Crippen molar-refractivity contribution in [3.8, 4) is 0 Å². The van der Waals surface area contributed by atoms with Gasteiger partial charge in [0.05, 0.1) is 23.8 Å². The van der Waals surface area contributed by atoms with Gasteiger partial charge in [0.2, 0.25) is 0 Å². The number of alkyl halides is 3. The first-order valence-electron chi connectivity index (χ1n) is 12.7. The average Bonchev–Trinajstić information content (AvgIpc) is 3.55. The van der Waals surface area contributed by atoms with Gasteiger partial charge in [-0.05, 0) is 87.4 Å². The molecule has 1 aromatic rings. The number of likely N-dealkylation sites (tertiary alicyclic amines) is 1. The van der Waals surface area contributed by atoms with E-state index in [-0.39, 0.29) is 12.0 Å². The van der Waals surface area contributed by atoms with E-state index in [1.54, 1.807) is 0 Å². The van der Waals surface area contributed by atoms with Crippen molar-refractivity contribution in [1.82, 2.24) is 9.80 Å². The molecule has 3 fully saturated rings. The average molecular weight is 511 g/mol. The van der Waals surface area contributed by atoms with E-state index in [0.717, 1.165) is 38.3 Å². The Kier molecular flexibility index (Phi) is 7.23. The van der Waals surface area contributed by atoms with E-state index in [1.165, 1.54) is 17.7 Å². The van der Waals surface area contributed by atoms with Crippen LogP contribution in [0, 0.1) is 5.92 Å². The lowest BCUT2D eigenvalue weighted by Crippen LogP contribution is -2.55. The summed E-state index contributed by atoms with van der Waals surface area (Å²) in [5.41, 5.74) is 0.975. The molecule has 0 radical (unpaired) electrons. The Balaban J connectivity index is 1.48. The van der Waals surface area contributed by atoms with E-state index in [0.29, 0.717) is 48.5 Å². The Morgan fingerprint density at radius 1 is 1.14 bits per heavy atom. The number of aliphatic hydroxyl groups excluding tert-OH is 1. The Labute approximate surface area is 210 Å². The van der Waals surface area contributed by atoms with Crippen molar-refractivity contribution in [2.75, 3.05) is 26.7 Å². The Morgan fingerprint density at radius 2 is 1.94 bits per heavy atom. The van der Waals surface area contributed by atoms with E-state index in [4.69, 9.17) is 16.3 Å². The third-order valence-electron chi connectivity index (χ3n) is 8.07. The van der Waals surface area contributed by atoms with Crippen LogP contribution in [0.1, 0.15) is 55.6 Å². The van der Waals surface area contributed by atoms with Gasteiger partial charge in [-0.15, -0.1) is 0 Å². The van der Waals surface area contributed by atoms with Crippen molar-refractivity contribution < 1.29 is 23.0 Å². The maximum absolute atomic E-state index is 13.5. The first-order valence-corrected chi connectivity index (χ1v) is 13.1. The monoisotopic (exact) mass is 510 g/mol. The quantitative estimate of drug-likeness (QED) is 0.539. The largest absolute Gasteiger partial charge is 0.416 e. The van der Waals surface area contributed by atoms with Gasteiger partial charge in [-0.25, -0.2) is 0 Å². The molecular formula is C27H34ClF3N2O2. The number of nitrogens with zero attached hydrogens (tertiary/aromatic N) is 2. The summed E-state index contributed by atoms with van der Waals surface area (Å²) in [6.07, 6.45) is 6.38. The molecule has 4 nitrogen and oxygen atoms in total. The SMILES string of the molecule is CN1CCCC1C1=CN([C@H]2C(OCC3CC3)C(c3cc(C(F)(F)F)ccc3Cl)CC[C@H]2O)CC=C1. The summed E-state index contributed by atoms with van der Waals surface area (Å²) in [7, 11) is 2.13. The standard InChI is InChI=1S/C27H34ClF3N2O2/c1-32-12-3-5-23(32)18-4-2-13-33(15-18)25-24(34)11-9-20(26(25)35-16-17-6-7-17)21-14-19(27(29,30)31)8-10-22(21)28/h2,4,8,10,14-15,17,20,23-26,34H,3,5-7,9,11-13,16H2,1H3/t20?,23?,24-,25-,26?/m1/s1. The molecule has 0 amide bonds. The van der Waals surface area contributed by atoms with Gasteiger partial charge in [-0.3, -0.25) is 4.90 Å². The van der Waals surface area contributed by atoms with Crippen molar-refractivity contribution in [3.63, 3.8) is 0 Å². The molecule has 5 rings (SSSR count). The van der Waals surface area contributed by atoms with Crippen molar-refractivity contribution in [2.24, 2.45) is 5.92 Å². The van der Waals surface area contributed by atoms with Gasteiger partial charge >= 0.3 is 6.18 Å². The Hall–Kier alpha value is -1.54. The smallest absolute Gasteiger partial charge is 0.391 e. The minimum atomic E-state index is -4.44. The lowest BCUT2D eigenvalue weighted by Gasteiger charge is -2.47. The molecule has 192 valence electrons. The molecule has 35 heavy (non-hydrogen) atoms. The highest BCUT2D eigenvalue weighted by molar-refractivity contribution is 6.31. The fraction of sp³-hybridized carbons (Fsp3) is 0.630. The minimum Gasteiger partial charge on any atom is -0.391 e. The van der Waals surface area contributed by atoms with Crippen LogP contribution in [0.15, 0.2) is 42.1 Å². The number of aliphatic hydroxyl groups is 1. The number of benzene rings is 1. The summed E-state index contributed by atoms with van der Waals surface area (Å²) < 4.78 is 47.1. The summed E-state index contributed by atoms with van der Waals surface area (Å²) in [6.45, 7) is 2.26. The lowest BCUT2D eigenvalue weighted by molar-refractivity contribution is -0.137. The van der Waals surface area contributed by atoms with Crippen LogP contribution in [-0.2, 0) is 10.9 Å². The van der Waals surface area contributed by atoms with Gasteiger partial charge in [0.15, 0.2) is 0 Å². The third-order valence-corrected chi connectivity index (χ3v) is 8.42. The number of rotatable bonds is 6. The fourth-order valence-electron chi connectivity index (χ4n) is 5.97. The molecule has 4 aliphatic rings. The van der Waals surface area contributed by atoms with Crippen molar-refractivity contribution >= 4 is 11.6 Å². The number of hydrogen-bond donors (Lipinski definition) is 1. The molecule has 2 aliphatic carbocycles. The maximum Gasteiger partial charge on any atom is 0.416 e. The number of halogens is 4. The third kappa shape index (κ3) is 5.43. The normalized spacial score (nSPS) is 32.2. The van der Waals surface area contributed by atoms with Crippen LogP contribution < -0.4 is 0 Å². The molecule has 1 saturated heterocycles. The van der Waals surface area contributed by atoms with Gasteiger partial charge in [0, 0.05) is 36.3 Å². The van der Waals surface area contributed by atoms with Crippen LogP contribution >= 0.6 is 11.6 Å². The fourth-order valence-corrected chi connectivity index (χ4v) is 6.23. The predicted octanol–water partition coefficient (Wildman–Crippen LogP) is 5.61. The highest BCUT2D eigenvalue weighted by atomic mass is 35.5. The summed E-state index contributed by atoms with van der Waals surface area (Å²) in [6, 6.07) is 3.54. The zero-order valence-electron chi connectivity index (χ0n) is 20.1. The maximum atomic E-state index is 13.5. The van der Waals surface area contributed by atoms with Gasteiger partial charge in [0.25, 0.3) is 0 Å². The second kappa shape index (κ2) is 10.1. The molecule has 1 aromatic carbocycles. The van der Waals surface area contributed by atoms with Crippen molar-refractivity contribution in [1.29, 1.82) is 0 Å². The first-order chi connectivity index (χ1) is 16.7. The Morgan fingerprint density at radius 3 is 2.63 bits per heavy atom. The predicted molar refractivity (Wildman–Crippen MR) is 130 cm³/mol. The topological polar surface area (TPSA) is 35.9 Å². The zero-order chi connectivity index (χ0) is 24.7. The molecule has 8 heteroatoms. The van der Waals surface area contributed by atoms with Crippen LogP contribution in [0.5, 0.6) is 0 Å². The highest BCUT2D eigenvalue weighted by Crippen LogP contribution is 2.44. The van der Waals surface area contributed by atoms with Gasteiger partial charge in [-0.2, -0.15) is 13.2 Å². The molecule has 3 unspecified atom stereocenters. The number of hydrogen-bond acceptors (Lipinski definition) is 4. The van der Waals surface area contributed by atoms with Crippen LogP contribution in [-0.4, -0.2) is 65.9 Å². The van der Waals surface area contributed by atoms with Crippen LogP contribution in [0.2, 0.25) is 5.02 Å². The van der Waals surface area contributed by atoms with Crippen molar-refractivity contribution in [2.45, 2.75) is 74.9 Å². The second-order valence-electron chi connectivity index (χ2n) is 10.6. The second-order valence-corrected chi connectivity index (χ2v) is 11.0. The summed E-state index contributed by atoms with van der Waals surface area (Å²) in [5.74, 6) is 0.167. The van der Waals surface area contributed by atoms with Crippen LogP contribution in [0.3, 0.4) is 0 Å². The summed E-state index contributed by atoms with van der Waals surface area (Å²) in [4.78, 5) is 4.50. The van der Waals surface area contributed by atoms with E-state index >= 15 is 0 Å². The Bertz CT molecular complexity index is 978. The van der Waals surface area contributed by atoms with E-state index in [1.807, 2.05) is 0 Å². The van der Waals surface area contributed by atoms with Crippen LogP contribution in [0.4, 0.5) is 13.2 Å². The molecule has 2 saturated carbocycles. The molecule has 2 heterocycles. The van der Waals surface area contributed by atoms with Crippen molar-refractivity contribution in [3.05, 3.63) is 58.3 Å². The molecule has 0 spiro atoms. The minimum absolute atomic E-state index is 0.320. The van der Waals surface area contributed by atoms with Crippen LogP contribution in [0.25, 0.3) is 0 Å². The molecule has 0 bridgehead atoms. The summed E-state index contributed by atoms with van der Waals surface area (Å²) in [5, 5.41) is 11.5. The molecule has 5 atom stereocenters. The number of likely N-dealkylation sites (N-methyl/N-ethyl adjacent to an activating group) is 1. The van der Waals surface area contributed by atoms with E-state index < -0.39 is 23.9 Å². The van der Waals surface area contributed by atoms with Gasteiger partial charge in [-0.1, -0.05) is 23.8 Å². The molecular weight excluding hydrogens is 477 g/mol. The van der Waals surface area contributed by atoms with E-state index in [9.17, 15) is 18.3 Å². The summed E-state index contributed by atoms with van der Waals surface area (Å²) >= 11 is 6.49. The highest BCUT2D eigenvalue weighted by Gasteiger charge is 2.45. The lowest BCUT2D eigenvalue weighted by atomic mass is 9.76. The zero-order valence-corrected chi connectivity index (χ0v) is 20.8. The number of ether oxygens (including phenoxy) is 1. The first kappa shape index (κ1) is 25.1. The van der Waals surface area contributed by atoms with E-state index in [2.05, 4.69) is 35.2 Å². The molecule has 1 N–H and O–H groups in total. The van der Waals surface area contributed by atoms with Gasteiger partial charge < -0.3 is 14.7 Å². The van der Waals surface area contributed by atoms with Gasteiger partial charge in [0.1, 0.15) is 0 Å².